The lowest BCUT2D eigenvalue weighted by molar-refractivity contribution is -0.159. The molecule has 0 aliphatic heterocycles. The fraction of sp³-hybridized carbons (Fsp3) is 0.588. The van der Waals surface area contributed by atoms with Gasteiger partial charge in [0.05, 0.1) is 0 Å². The first-order valence-corrected chi connectivity index (χ1v) is 7.09. The second-order valence-electron chi connectivity index (χ2n) is 6.29. The third-order valence-corrected chi connectivity index (χ3v) is 4.48. The van der Waals surface area contributed by atoms with E-state index < -0.39 is 0 Å². The highest BCUT2D eigenvalue weighted by atomic mass is 16.6. The molecule has 0 amide bonds. The smallest absolute Gasteiger partial charge is 0.303 e. The molecule has 19 heavy (non-hydrogen) atoms. The Labute approximate surface area is 116 Å². The lowest BCUT2D eigenvalue weighted by atomic mass is 9.74. The van der Waals surface area contributed by atoms with Crippen LogP contribution in [0.15, 0.2) is 12.1 Å². The molecule has 0 N–H and O–H groups in total. The van der Waals surface area contributed by atoms with Crippen molar-refractivity contribution in [2.45, 2.75) is 59.5 Å². The highest BCUT2D eigenvalue weighted by Gasteiger charge is 2.35. The van der Waals surface area contributed by atoms with Gasteiger partial charge >= 0.3 is 5.97 Å². The molecule has 2 nitrogen and oxygen atoms in total. The predicted molar refractivity (Wildman–Crippen MR) is 77.3 cm³/mol. The van der Waals surface area contributed by atoms with Gasteiger partial charge in [0.2, 0.25) is 0 Å². The van der Waals surface area contributed by atoms with Gasteiger partial charge in [-0.3, -0.25) is 4.79 Å². The number of carbonyl (C=O) groups is 1. The zero-order chi connectivity index (χ0) is 14.2. The molecule has 0 spiro atoms. The number of hydrogen-bond donors (Lipinski definition) is 0. The summed E-state index contributed by atoms with van der Waals surface area (Å²) in [6.07, 6.45) is 3.21. The molecule has 2 heteroatoms. The van der Waals surface area contributed by atoms with Crippen LogP contribution in [0.3, 0.4) is 0 Å². The topological polar surface area (TPSA) is 26.3 Å². The molecule has 1 aliphatic carbocycles. The molecule has 1 aromatic carbocycles. The Morgan fingerprint density at radius 2 is 1.79 bits per heavy atom. The van der Waals surface area contributed by atoms with Crippen molar-refractivity contribution >= 4 is 5.97 Å². The Hall–Kier alpha value is -1.31. The van der Waals surface area contributed by atoms with E-state index in [1.807, 2.05) is 13.8 Å². The van der Waals surface area contributed by atoms with E-state index in [1.165, 1.54) is 29.2 Å². The van der Waals surface area contributed by atoms with E-state index in [4.69, 9.17) is 4.74 Å². The van der Waals surface area contributed by atoms with E-state index in [1.54, 1.807) is 0 Å². The van der Waals surface area contributed by atoms with Gasteiger partial charge < -0.3 is 4.74 Å². The van der Waals surface area contributed by atoms with E-state index in [0.29, 0.717) is 5.92 Å². The summed E-state index contributed by atoms with van der Waals surface area (Å²) in [6, 6.07) is 4.42. The Bertz CT molecular complexity index is 500. The SMILES string of the molecule is CC(=O)OC(C)(C)C1CCc2c(C)ccc(C)c2C1. The Balaban J connectivity index is 2.27. The summed E-state index contributed by atoms with van der Waals surface area (Å²) < 4.78 is 5.52. The van der Waals surface area contributed by atoms with Crippen LogP contribution in [0.4, 0.5) is 0 Å². The van der Waals surface area contributed by atoms with E-state index in [-0.39, 0.29) is 11.6 Å². The zero-order valence-corrected chi connectivity index (χ0v) is 12.7. The van der Waals surface area contributed by atoms with Crippen molar-refractivity contribution in [3.63, 3.8) is 0 Å². The van der Waals surface area contributed by atoms with Crippen LogP contribution in [0.2, 0.25) is 0 Å². The summed E-state index contributed by atoms with van der Waals surface area (Å²) in [6.45, 7) is 9.94. The Morgan fingerprint density at radius 1 is 1.21 bits per heavy atom. The third kappa shape index (κ3) is 2.83. The lowest BCUT2D eigenvalue weighted by Crippen LogP contribution is -2.39. The molecule has 0 radical (unpaired) electrons. The van der Waals surface area contributed by atoms with Crippen LogP contribution in [0.1, 0.15) is 49.4 Å². The fourth-order valence-electron chi connectivity index (χ4n) is 3.27. The molecule has 0 fully saturated rings. The number of ether oxygens (including phenoxy) is 1. The standard InChI is InChI=1S/C17H24O2/c1-11-6-7-12(2)16-10-14(8-9-15(11)16)17(4,5)19-13(3)18/h6-7,14H,8-10H2,1-5H3. The quantitative estimate of drug-likeness (QED) is 0.757. The first-order valence-electron chi connectivity index (χ1n) is 7.09. The van der Waals surface area contributed by atoms with Crippen molar-refractivity contribution in [1.82, 2.24) is 0 Å². The summed E-state index contributed by atoms with van der Waals surface area (Å²) in [5.41, 5.74) is 5.36. The minimum atomic E-state index is -0.375. The average molecular weight is 260 g/mol. The molecule has 0 aromatic heterocycles. The van der Waals surface area contributed by atoms with Gasteiger partial charge in [0, 0.05) is 12.8 Å². The molecular formula is C17H24O2. The average Bonchev–Trinajstić information content (AvgIpc) is 2.32. The summed E-state index contributed by atoms with van der Waals surface area (Å²) in [5.74, 6) is 0.223. The van der Waals surface area contributed by atoms with E-state index in [2.05, 4.69) is 26.0 Å². The van der Waals surface area contributed by atoms with E-state index in [9.17, 15) is 4.79 Å². The maximum Gasteiger partial charge on any atom is 0.303 e. The van der Waals surface area contributed by atoms with Gasteiger partial charge in [-0.15, -0.1) is 0 Å². The maximum absolute atomic E-state index is 11.2. The zero-order valence-electron chi connectivity index (χ0n) is 12.7. The van der Waals surface area contributed by atoms with Crippen LogP contribution in [0.25, 0.3) is 0 Å². The van der Waals surface area contributed by atoms with Crippen molar-refractivity contribution < 1.29 is 9.53 Å². The van der Waals surface area contributed by atoms with E-state index in [0.717, 1.165) is 19.3 Å². The second-order valence-corrected chi connectivity index (χ2v) is 6.29. The van der Waals surface area contributed by atoms with Crippen LogP contribution < -0.4 is 0 Å². The predicted octanol–water partition coefficient (Wildman–Crippen LogP) is 3.75. The van der Waals surface area contributed by atoms with Gasteiger partial charge in [0.1, 0.15) is 5.60 Å². The van der Waals surface area contributed by atoms with Gasteiger partial charge in [-0.2, -0.15) is 0 Å². The monoisotopic (exact) mass is 260 g/mol. The number of aryl methyl sites for hydroxylation is 2. The normalized spacial score (nSPS) is 18.9. The molecule has 1 atom stereocenters. The number of benzene rings is 1. The van der Waals surface area contributed by atoms with Gasteiger partial charge in [-0.05, 0) is 69.2 Å². The van der Waals surface area contributed by atoms with Crippen molar-refractivity contribution in [3.05, 3.63) is 34.4 Å². The van der Waals surface area contributed by atoms with Crippen LogP contribution in [-0.4, -0.2) is 11.6 Å². The minimum absolute atomic E-state index is 0.184. The molecule has 1 unspecified atom stereocenters. The van der Waals surface area contributed by atoms with Crippen LogP contribution in [-0.2, 0) is 22.4 Å². The van der Waals surface area contributed by atoms with Gasteiger partial charge in [-0.25, -0.2) is 0 Å². The minimum Gasteiger partial charge on any atom is -0.460 e. The summed E-state index contributed by atoms with van der Waals surface area (Å²) in [7, 11) is 0. The molecule has 2 rings (SSSR count). The Morgan fingerprint density at radius 3 is 2.37 bits per heavy atom. The first-order chi connectivity index (χ1) is 8.81. The summed E-state index contributed by atoms with van der Waals surface area (Å²) in [5, 5.41) is 0. The molecule has 0 bridgehead atoms. The number of hydrogen-bond acceptors (Lipinski definition) is 2. The number of fused-ring (bicyclic) bond motifs is 1. The maximum atomic E-state index is 11.2. The molecule has 104 valence electrons. The number of rotatable bonds is 2. The van der Waals surface area contributed by atoms with Crippen molar-refractivity contribution in [1.29, 1.82) is 0 Å². The lowest BCUT2D eigenvalue weighted by Gasteiger charge is -2.38. The highest BCUT2D eigenvalue weighted by molar-refractivity contribution is 5.66. The van der Waals surface area contributed by atoms with Crippen LogP contribution in [0, 0.1) is 19.8 Å². The summed E-state index contributed by atoms with van der Waals surface area (Å²) in [4.78, 5) is 11.2. The van der Waals surface area contributed by atoms with Gasteiger partial charge in [-0.1, -0.05) is 12.1 Å². The largest absolute Gasteiger partial charge is 0.460 e. The first kappa shape index (κ1) is 14.1. The van der Waals surface area contributed by atoms with Crippen molar-refractivity contribution in [2.24, 2.45) is 5.92 Å². The van der Waals surface area contributed by atoms with Gasteiger partial charge in [0.25, 0.3) is 0 Å². The molecule has 0 heterocycles. The molecule has 0 saturated heterocycles. The molecular weight excluding hydrogens is 236 g/mol. The third-order valence-electron chi connectivity index (χ3n) is 4.48. The van der Waals surface area contributed by atoms with Gasteiger partial charge in [0.15, 0.2) is 0 Å². The van der Waals surface area contributed by atoms with Crippen molar-refractivity contribution in [3.8, 4) is 0 Å². The highest BCUT2D eigenvalue weighted by Crippen LogP contribution is 2.37. The summed E-state index contributed by atoms with van der Waals surface area (Å²) >= 11 is 0. The number of carbonyl (C=O) groups excluding carboxylic acids is 1. The van der Waals surface area contributed by atoms with E-state index >= 15 is 0 Å². The van der Waals surface area contributed by atoms with Crippen molar-refractivity contribution in [2.75, 3.05) is 0 Å². The molecule has 1 aliphatic rings. The number of esters is 1. The van der Waals surface area contributed by atoms with Crippen LogP contribution in [0.5, 0.6) is 0 Å². The fourth-order valence-corrected chi connectivity index (χ4v) is 3.27. The molecule has 0 saturated carbocycles. The molecule has 1 aromatic rings. The second kappa shape index (κ2) is 4.99. The van der Waals surface area contributed by atoms with Crippen LogP contribution >= 0.6 is 0 Å². The Kier molecular flexibility index (Phi) is 3.71.